The van der Waals surface area contributed by atoms with Crippen LogP contribution in [0, 0.1) is 0 Å². The third-order valence-corrected chi connectivity index (χ3v) is 3.12. The van der Waals surface area contributed by atoms with Crippen molar-refractivity contribution in [3.05, 3.63) is 29.8 Å². The van der Waals surface area contributed by atoms with Gasteiger partial charge in [-0.05, 0) is 19.4 Å². The second kappa shape index (κ2) is 5.56. The van der Waals surface area contributed by atoms with E-state index in [9.17, 15) is 18.4 Å². The monoisotopic (exact) mass is 284 g/mol. The molecule has 0 saturated carbocycles. The largest absolute Gasteiger partial charge is 0.493 e. The summed E-state index contributed by atoms with van der Waals surface area (Å²) in [5, 5.41) is 0. The maximum Gasteiger partial charge on any atom is 0.400 e. The van der Waals surface area contributed by atoms with E-state index in [-0.39, 0.29) is 19.6 Å². The molecule has 6 heteroatoms. The summed E-state index contributed by atoms with van der Waals surface area (Å²) in [6.45, 7) is 1.36. The Hall–Kier alpha value is -1.98. The summed E-state index contributed by atoms with van der Waals surface area (Å²) < 4.78 is 37.2. The fourth-order valence-electron chi connectivity index (χ4n) is 2.16. The highest BCUT2D eigenvalue weighted by Crippen LogP contribution is 2.37. The minimum atomic E-state index is -4.13. The molecular weight excluding hydrogens is 270 g/mol. The standard InChI is InChI=1S/C14H14F2O4/c1-2-19-13(18)14(15,16)12(17)10-7-8-20-11-6-4-3-5-9(10)11/h3-6,10H,2,7-8H2,1H3. The SMILES string of the molecule is CCOC(=O)C(F)(F)C(=O)C1CCOc2ccccc21. The number of rotatable bonds is 4. The smallest absolute Gasteiger partial charge is 0.400 e. The van der Waals surface area contributed by atoms with Crippen molar-refractivity contribution >= 4 is 11.8 Å². The maximum atomic E-state index is 13.8. The van der Waals surface area contributed by atoms with Gasteiger partial charge in [0, 0.05) is 5.56 Å². The molecule has 4 nitrogen and oxygen atoms in total. The lowest BCUT2D eigenvalue weighted by atomic mass is 9.86. The Bertz CT molecular complexity index is 528. The molecule has 1 aliphatic rings. The molecular formula is C14H14F2O4. The van der Waals surface area contributed by atoms with Crippen molar-refractivity contribution in [1.29, 1.82) is 0 Å². The average Bonchev–Trinajstić information content (AvgIpc) is 2.46. The van der Waals surface area contributed by atoms with Crippen LogP contribution in [0.1, 0.15) is 24.8 Å². The van der Waals surface area contributed by atoms with E-state index in [2.05, 4.69) is 4.74 Å². The predicted molar refractivity (Wildman–Crippen MR) is 65.9 cm³/mol. The van der Waals surface area contributed by atoms with Gasteiger partial charge in [0.05, 0.1) is 19.1 Å². The summed E-state index contributed by atoms with van der Waals surface area (Å²) in [6.07, 6.45) is 0.116. The van der Waals surface area contributed by atoms with Crippen molar-refractivity contribution < 1.29 is 27.8 Å². The molecule has 1 unspecified atom stereocenters. The first kappa shape index (κ1) is 14.4. The average molecular weight is 284 g/mol. The molecule has 0 fully saturated rings. The highest BCUT2D eigenvalue weighted by Gasteiger charge is 2.52. The Morgan fingerprint density at radius 2 is 2.10 bits per heavy atom. The van der Waals surface area contributed by atoms with Crippen LogP contribution < -0.4 is 4.74 Å². The second-order valence-electron chi connectivity index (χ2n) is 4.39. The summed E-state index contributed by atoms with van der Waals surface area (Å²) in [7, 11) is 0. The Kier molecular flexibility index (Phi) is 4.01. The van der Waals surface area contributed by atoms with Crippen LogP contribution in [0.2, 0.25) is 0 Å². The van der Waals surface area contributed by atoms with Gasteiger partial charge in [0.2, 0.25) is 5.78 Å². The van der Waals surface area contributed by atoms with Crippen LogP contribution in [0.25, 0.3) is 0 Å². The van der Waals surface area contributed by atoms with Gasteiger partial charge < -0.3 is 9.47 Å². The number of ether oxygens (including phenoxy) is 2. The molecule has 1 atom stereocenters. The summed E-state index contributed by atoms with van der Waals surface area (Å²) in [5.74, 6) is -8.03. The van der Waals surface area contributed by atoms with Crippen LogP contribution in [-0.2, 0) is 14.3 Å². The van der Waals surface area contributed by atoms with E-state index in [1.54, 1.807) is 24.3 Å². The van der Waals surface area contributed by atoms with Gasteiger partial charge in [0.15, 0.2) is 0 Å². The van der Waals surface area contributed by atoms with Gasteiger partial charge in [-0.25, -0.2) is 4.79 Å². The normalized spacial score (nSPS) is 17.9. The number of hydrogen-bond acceptors (Lipinski definition) is 4. The first-order valence-corrected chi connectivity index (χ1v) is 6.29. The van der Waals surface area contributed by atoms with Crippen LogP contribution in [0.15, 0.2) is 24.3 Å². The highest BCUT2D eigenvalue weighted by molar-refractivity contribution is 6.08. The van der Waals surface area contributed by atoms with Crippen LogP contribution in [0.3, 0.4) is 0 Å². The molecule has 1 heterocycles. The van der Waals surface area contributed by atoms with Gasteiger partial charge in [0.25, 0.3) is 0 Å². The molecule has 0 amide bonds. The zero-order valence-electron chi connectivity index (χ0n) is 10.9. The third-order valence-electron chi connectivity index (χ3n) is 3.12. The van der Waals surface area contributed by atoms with E-state index in [1.165, 1.54) is 6.92 Å². The molecule has 0 radical (unpaired) electrons. The molecule has 108 valence electrons. The minimum Gasteiger partial charge on any atom is -0.493 e. The first-order valence-electron chi connectivity index (χ1n) is 6.29. The molecule has 1 aromatic carbocycles. The minimum absolute atomic E-state index is 0.116. The quantitative estimate of drug-likeness (QED) is 0.629. The van der Waals surface area contributed by atoms with Gasteiger partial charge in [-0.3, -0.25) is 4.79 Å². The number of para-hydroxylation sites is 1. The lowest BCUT2D eigenvalue weighted by molar-refractivity contribution is -0.177. The van der Waals surface area contributed by atoms with Crippen molar-refractivity contribution in [2.75, 3.05) is 13.2 Å². The van der Waals surface area contributed by atoms with Gasteiger partial charge in [-0.1, -0.05) is 18.2 Å². The molecule has 20 heavy (non-hydrogen) atoms. The molecule has 0 aliphatic carbocycles. The molecule has 2 rings (SSSR count). The van der Waals surface area contributed by atoms with E-state index < -0.39 is 23.6 Å². The number of alkyl halides is 2. The van der Waals surface area contributed by atoms with E-state index in [4.69, 9.17) is 4.74 Å². The fourth-order valence-corrected chi connectivity index (χ4v) is 2.16. The number of benzene rings is 1. The second-order valence-corrected chi connectivity index (χ2v) is 4.39. The van der Waals surface area contributed by atoms with Gasteiger partial charge in [-0.15, -0.1) is 0 Å². The Morgan fingerprint density at radius 3 is 2.80 bits per heavy atom. The Balaban J connectivity index is 2.28. The topological polar surface area (TPSA) is 52.6 Å². The van der Waals surface area contributed by atoms with Gasteiger partial charge in [-0.2, -0.15) is 8.78 Å². The fraction of sp³-hybridized carbons (Fsp3) is 0.429. The predicted octanol–water partition coefficient (Wildman–Crippen LogP) is 2.32. The van der Waals surface area contributed by atoms with E-state index in [0.717, 1.165) is 0 Å². The molecule has 0 spiro atoms. The van der Waals surface area contributed by atoms with E-state index in [0.29, 0.717) is 11.3 Å². The van der Waals surface area contributed by atoms with Crippen LogP contribution >= 0.6 is 0 Å². The summed E-state index contributed by atoms with van der Waals surface area (Å²) >= 11 is 0. The number of carbonyl (C=O) groups excluding carboxylic acids is 2. The Labute approximate surface area is 114 Å². The number of esters is 1. The van der Waals surface area contributed by atoms with Crippen molar-refractivity contribution in [2.24, 2.45) is 0 Å². The Morgan fingerprint density at radius 1 is 1.40 bits per heavy atom. The number of fused-ring (bicyclic) bond motifs is 1. The van der Waals surface area contributed by atoms with Gasteiger partial charge >= 0.3 is 11.9 Å². The number of Topliss-reactive ketones (excluding diaryl/α,β-unsaturated/α-hetero) is 1. The molecule has 0 bridgehead atoms. The molecule has 0 aromatic heterocycles. The summed E-state index contributed by atoms with van der Waals surface area (Å²) in [4.78, 5) is 23.2. The van der Waals surface area contributed by atoms with Crippen molar-refractivity contribution in [3.8, 4) is 5.75 Å². The maximum absolute atomic E-state index is 13.8. The molecule has 0 N–H and O–H groups in total. The van der Waals surface area contributed by atoms with Crippen LogP contribution in [-0.4, -0.2) is 30.9 Å². The molecule has 1 aromatic rings. The highest BCUT2D eigenvalue weighted by atomic mass is 19.3. The van der Waals surface area contributed by atoms with Crippen molar-refractivity contribution in [2.45, 2.75) is 25.2 Å². The van der Waals surface area contributed by atoms with E-state index >= 15 is 0 Å². The third kappa shape index (κ3) is 2.50. The number of ketones is 1. The number of carbonyl (C=O) groups is 2. The zero-order valence-corrected chi connectivity index (χ0v) is 10.9. The lowest BCUT2D eigenvalue weighted by Gasteiger charge is -2.26. The summed E-state index contributed by atoms with van der Waals surface area (Å²) in [5.41, 5.74) is 0.382. The van der Waals surface area contributed by atoms with E-state index in [1.807, 2.05) is 0 Å². The summed E-state index contributed by atoms with van der Waals surface area (Å²) in [6, 6.07) is 6.49. The number of hydrogen-bond donors (Lipinski definition) is 0. The first-order chi connectivity index (χ1) is 9.48. The lowest BCUT2D eigenvalue weighted by Crippen LogP contribution is -2.43. The van der Waals surface area contributed by atoms with Crippen LogP contribution in [0.5, 0.6) is 5.75 Å². The zero-order chi connectivity index (χ0) is 14.8. The molecule has 1 aliphatic heterocycles. The van der Waals surface area contributed by atoms with Gasteiger partial charge in [0.1, 0.15) is 5.75 Å². The molecule has 0 saturated heterocycles. The van der Waals surface area contributed by atoms with Crippen molar-refractivity contribution in [3.63, 3.8) is 0 Å². The van der Waals surface area contributed by atoms with Crippen molar-refractivity contribution in [1.82, 2.24) is 0 Å². The van der Waals surface area contributed by atoms with Crippen LogP contribution in [0.4, 0.5) is 8.78 Å². The number of halogens is 2.